The summed E-state index contributed by atoms with van der Waals surface area (Å²) in [5.74, 6) is 1.31. The number of anilines is 1. The van der Waals surface area contributed by atoms with Crippen molar-refractivity contribution in [3.05, 3.63) is 17.1 Å². The molecule has 2 heterocycles. The van der Waals surface area contributed by atoms with Crippen molar-refractivity contribution in [2.45, 2.75) is 41.2 Å². The topological polar surface area (TPSA) is 60.0 Å². The molecule has 0 saturated carbocycles. The molecule has 0 aliphatic carbocycles. The molecule has 0 aliphatic heterocycles. The molecule has 0 radical (unpaired) electrons. The van der Waals surface area contributed by atoms with Crippen LogP contribution in [0.5, 0.6) is 0 Å². The standard InChI is InChI=1S/C16H27N5/c1-10-11(2)21(9-16(4,5)8-20(6)7)15-13(10)14(17)18-12(3)19-15/h8-9H2,1-7H3,(H2,17,18,19). The lowest BCUT2D eigenvalue weighted by Gasteiger charge is -2.29. The maximum atomic E-state index is 6.11. The summed E-state index contributed by atoms with van der Waals surface area (Å²) in [5.41, 5.74) is 9.63. The average Bonchev–Trinajstić information content (AvgIpc) is 2.52. The molecule has 2 rings (SSSR count). The van der Waals surface area contributed by atoms with E-state index < -0.39 is 0 Å². The highest BCUT2D eigenvalue weighted by Gasteiger charge is 2.24. The first kappa shape index (κ1) is 15.8. The molecule has 5 nitrogen and oxygen atoms in total. The lowest BCUT2D eigenvalue weighted by Crippen LogP contribution is -2.32. The first-order valence-corrected chi connectivity index (χ1v) is 7.36. The van der Waals surface area contributed by atoms with Gasteiger partial charge in [0.05, 0.1) is 5.39 Å². The van der Waals surface area contributed by atoms with Crippen molar-refractivity contribution in [3.8, 4) is 0 Å². The van der Waals surface area contributed by atoms with Gasteiger partial charge in [0, 0.05) is 18.8 Å². The Kier molecular flexibility index (Phi) is 3.97. The summed E-state index contributed by atoms with van der Waals surface area (Å²) >= 11 is 0. The monoisotopic (exact) mass is 289 g/mol. The van der Waals surface area contributed by atoms with Crippen LogP contribution in [0.2, 0.25) is 0 Å². The molecule has 0 bridgehead atoms. The largest absolute Gasteiger partial charge is 0.383 e. The number of aromatic nitrogens is 3. The van der Waals surface area contributed by atoms with Gasteiger partial charge in [-0.3, -0.25) is 0 Å². The van der Waals surface area contributed by atoms with Crippen molar-refractivity contribution < 1.29 is 0 Å². The number of nitrogens with zero attached hydrogens (tertiary/aromatic N) is 4. The molecule has 5 heteroatoms. The van der Waals surface area contributed by atoms with Gasteiger partial charge in [0.25, 0.3) is 0 Å². The third kappa shape index (κ3) is 3.02. The van der Waals surface area contributed by atoms with Crippen molar-refractivity contribution >= 4 is 16.9 Å². The molecule has 2 N–H and O–H groups in total. The van der Waals surface area contributed by atoms with E-state index in [0.717, 1.165) is 29.9 Å². The van der Waals surface area contributed by atoms with Crippen molar-refractivity contribution in [1.29, 1.82) is 0 Å². The second-order valence-corrected chi connectivity index (χ2v) is 7.05. The van der Waals surface area contributed by atoms with E-state index in [9.17, 15) is 0 Å². The minimum Gasteiger partial charge on any atom is -0.383 e. The van der Waals surface area contributed by atoms with Crippen molar-refractivity contribution in [2.75, 3.05) is 26.4 Å². The van der Waals surface area contributed by atoms with E-state index in [1.165, 1.54) is 11.3 Å². The molecular formula is C16H27N5. The zero-order valence-electron chi connectivity index (χ0n) is 14.3. The smallest absolute Gasteiger partial charge is 0.146 e. The van der Waals surface area contributed by atoms with Crippen molar-refractivity contribution in [1.82, 2.24) is 19.4 Å². The van der Waals surface area contributed by atoms with Crippen LogP contribution in [-0.4, -0.2) is 40.1 Å². The number of hydrogen-bond acceptors (Lipinski definition) is 4. The summed E-state index contributed by atoms with van der Waals surface area (Å²) in [6.07, 6.45) is 0. The molecule has 0 unspecified atom stereocenters. The fraction of sp³-hybridized carbons (Fsp3) is 0.625. The van der Waals surface area contributed by atoms with E-state index in [1.54, 1.807) is 0 Å². The van der Waals surface area contributed by atoms with Gasteiger partial charge < -0.3 is 15.2 Å². The van der Waals surface area contributed by atoms with E-state index >= 15 is 0 Å². The predicted molar refractivity (Wildman–Crippen MR) is 88.5 cm³/mol. The van der Waals surface area contributed by atoms with Gasteiger partial charge in [0.1, 0.15) is 17.3 Å². The van der Waals surface area contributed by atoms with Crippen LogP contribution in [0.4, 0.5) is 5.82 Å². The second-order valence-electron chi connectivity index (χ2n) is 7.05. The molecule has 0 aliphatic rings. The van der Waals surface area contributed by atoms with Crippen LogP contribution < -0.4 is 5.73 Å². The normalized spacial score (nSPS) is 12.6. The van der Waals surface area contributed by atoms with Gasteiger partial charge in [-0.05, 0) is 45.8 Å². The summed E-state index contributed by atoms with van der Waals surface area (Å²) in [7, 11) is 4.22. The van der Waals surface area contributed by atoms with Crippen LogP contribution in [0.15, 0.2) is 0 Å². The molecule has 0 saturated heterocycles. The van der Waals surface area contributed by atoms with Crippen LogP contribution >= 0.6 is 0 Å². The van der Waals surface area contributed by atoms with Gasteiger partial charge in [-0.25, -0.2) is 9.97 Å². The third-order valence-electron chi connectivity index (χ3n) is 3.94. The fourth-order valence-electron chi connectivity index (χ4n) is 3.20. The molecular weight excluding hydrogens is 262 g/mol. The van der Waals surface area contributed by atoms with Gasteiger partial charge >= 0.3 is 0 Å². The van der Waals surface area contributed by atoms with Crippen molar-refractivity contribution in [2.24, 2.45) is 5.41 Å². The summed E-state index contributed by atoms with van der Waals surface area (Å²) in [4.78, 5) is 11.2. The second kappa shape index (κ2) is 5.30. The van der Waals surface area contributed by atoms with Crippen LogP contribution in [0.3, 0.4) is 0 Å². The molecule has 116 valence electrons. The summed E-state index contributed by atoms with van der Waals surface area (Å²) in [5, 5.41) is 0.999. The zero-order valence-corrected chi connectivity index (χ0v) is 14.3. The maximum Gasteiger partial charge on any atom is 0.146 e. The number of nitrogen functional groups attached to an aromatic ring is 1. The number of nitrogens with two attached hydrogens (primary N) is 1. The van der Waals surface area contributed by atoms with E-state index in [-0.39, 0.29) is 5.41 Å². The van der Waals surface area contributed by atoms with Gasteiger partial charge in [-0.2, -0.15) is 0 Å². The van der Waals surface area contributed by atoms with Gasteiger partial charge in [-0.15, -0.1) is 0 Å². The minimum atomic E-state index is 0.153. The van der Waals surface area contributed by atoms with E-state index in [2.05, 4.69) is 61.2 Å². The lowest BCUT2D eigenvalue weighted by molar-refractivity contribution is 0.212. The Labute approximate surface area is 127 Å². The maximum absolute atomic E-state index is 6.11. The Balaban J connectivity index is 2.57. The molecule has 21 heavy (non-hydrogen) atoms. The average molecular weight is 289 g/mol. The Hall–Kier alpha value is -1.62. The van der Waals surface area contributed by atoms with Gasteiger partial charge in [0.15, 0.2) is 0 Å². The number of fused-ring (bicyclic) bond motifs is 1. The minimum absolute atomic E-state index is 0.153. The first-order chi connectivity index (χ1) is 9.62. The molecule has 2 aromatic heterocycles. The Bertz CT molecular complexity index is 667. The Morgan fingerprint density at radius 1 is 1.14 bits per heavy atom. The zero-order chi connectivity index (χ0) is 15.9. The molecule has 2 aromatic rings. The molecule has 0 spiro atoms. The highest BCUT2D eigenvalue weighted by molar-refractivity contribution is 5.91. The summed E-state index contributed by atoms with van der Waals surface area (Å²) < 4.78 is 2.29. The molecule has 0 aromatic carbocycles. The highest BCUT2D eigenvalue weighted by Crippen LogP contribution is 2.30. The first-order valence-electron chi connectivity index (χ1n) is 7.36. The van der Waals surface area contributed by atoms with Gasteiger partial charge in [0.2, 0.25) is 0 Å². The third-order valence-corrected chi connectivity index (χ3v) is 3.94. The van der Waals surface area contributed by atoms with Gasteiger partial charge in [-0.1, -0.05) is 13.8 Å². The van der Waals surface area contributed by atoms with Crippen LogP contribution in [0.1, 0.15) is 30.9 Å². The SMILES string of the molecule is Cc1nc(N)c2c(C)c(C)n(CC(C)(C)CN(C)C)c2n1. The molecule has 0 atom stereocenters. The number of rotatable bonds is 4. The van der Waals surface area contributed by atoms with Crippen LogP contribution in [0, 0.1) is 26.2 Å². The Morgan fingerprint density at radius 2 is 1.76 bits per heavy atom. The quantitative estimate of drug-likeness (QED) is 0.939. The van der Waals surface area contributed by atoms with E-state index in [4.69, 9.17) is 5.73 Å². The fourth-order valence-corrected chi connectivity index (χ4v) is 3.20. The van der Waals surface area contributed by atoms with Crippen LogP contribution in [0.25, 0.3) is 11.0 Å². The number of aryl methyl sites for hydroxylation is 2. The van der Waals surface area contributed by atoms with E-state index in [0.29, 0.717) is 5.82 Å². The predicted octanol–water partition coefficient (Wildman–Crippen LogP) is 2.53. The highest BCUT2D eigenvalue weighted by atomic mass is 15.1. The van der Waals surface area contributed by atoms with Crippen molar-refractivity contribution in [3.63, 3.8) is 0 Å². The summed E-state index contributed by atoms with van der Waals surface area (Å²) in [6, 6.07) is 0. The summed E-state index contributed by atoms with van der Waals surface area (Å²) in [6.45, 7) is 12.6. The van der Waals surface area contributed by atoms with E-state index in [1.807, 2.05) is 6.92 Å². The Morgan fingerprint density at radius 3 is 2.33 bits per heavy atom. The number of hydrogen-bond donors (Lipinski definition) is 1. The molecule has 0 amide bonds. The van der Waals surface area contributed by atoms with Crippen LogP contribution in [-0.2, 0) is 6.54 Å². The molecule has 0 fully saturated rings. The lowest BCUT2D eigenvalue weighted by atomic mass is 9.92.